The van der Waals surface area contributed by atoms with E-state index in [2.05, 4.69) is 124 Å². The second-order valence-electron chi connectivity index (χ2n) is 20.2. The van der Waals surface area contributed by atoms with Crippen LogP contribution >= 0.6 is 0 Å². The zero-order chi connectivity index (χ0) is 44.1. The van der Waals surface area contributed by atoms with Crippen LogP contribution in [-0.4, -0.2) is 96.9 Å². The van der Waals surface area contributed by atoms with Gasteiger partial charge in [-0.3, -0.25) is 9.59 Å². The van der Waals surface area contributed by atoms with Crippen LogP contribution in [0.15, 0.2) is 133 Å². The van der Waals surface area contributed by atoms with Crippen molar-refractivity contribution in [2.45, 2.75) is 81.5 Å². The molecule has 4 saturated heterocycles. The van der Waals surface area contributed by atoms with E-state index < -0.39 is 5.82 Å². The first-order valence-corrected chi connectivity index (χ1v) is 25.0. The molecule has 4 aliphatic heterocycles. The third-order valence-corrected chi connectivity index (χ3v) is 16.2. The van der Waals surface area contributed by atoms with Gasteiger partial charge in [0.1, 0.15) is 5.82 Å². The van der Waals surface area contributed by atoms with E-state index >= 15 is 0 Å². The summed E-state index contributed by atoms with van der Waals surface area (Å²) in [6.07, 6.45) is 10.4. The van der Waals surface area contributed by atoms with Crippen molar-refractivity contribution in [2.75, 3.05) is 65.4 Å². The molecule has 5 fully saturated rings. The summed E-state index contributed by atoms with van der Waals surface area (Å²) < 4.78 is 14.9. The van der Waals surface area contributed by atoms with Gasteiger partial charge in [0.25, 0.3) is 5.91 Å². The summed E-state index contributed by atoms with van der Waals surface area (Å²) in [5, 5.41) is 0. The first-order valence-electron chi connectivity index (χ1n) is 25.0. The Labute approximate surface area is 386 Å². The molecule has 65 heavy (non-hydrogen) atoms. The third kappa shape index (κ3) is 10.0. The van der Waals surface area contributed by atoms with Crippen LogP contribution in [0.5, 0.6) is 0 Å². The van der Waals surface area contributed by atoms with Gasteiger partial charge in [-0.25, -0.2) is 4.39 Å². The normalized spacial score (nSPS) is 24.1. The molecule has 7 heteroatoms. The minimum absolute atomic E-state index is 0.162. The van der Waals surface area contributed by atoms with Crippen molar-refractivity contribution in [3.05, 3.63) is 167 Å². The molecule has 338 valence electrons. The lowest BCUT2D eigenvalue weighted by Crippen LogP contribution is -2.39. The molecule has 5 aromatic carbocycles. The molecule has 4 heterocycles. The van der Waals surface area contributed by atoms with Gasteiger partial charge < -0.3 is 19.6 Å². The lowest BCUT2D eigenvalue weighted by molar-refractivity contribution is -0.135. The molecule has 5 aliphatic rings. The number of rotatable bonds is 11. The molecular formula is C58H67FN4O2. The summed E-state index contributed by atoms with van der Waals surface area (Å²) >= 11 is 0. The fraction of sp³-hybridized carbons (Fsp3) is 0.448. The van der Waals surface area contributed by atoms with Crippen molar-refractivity contribution in [1.29, 1.82) is 0 Å². The Bertz CT molecular complexity index is 2350. The maximum atomic E-state index is 14.9. The third-order valence-electron chi connectivity index (χ3n) is 16.2. The van der Waals surface area contributed by atoms with Crippen LogP contribution in [0.25, 0.3) is 11.1 Å². The van der Waals surface area contributed by atoms with E-state index in [9.17, 15) is 14.0 Å². The molecule has 0 spiro atoms. The Morgan fingerprint density at radius 1 is 0.477 bits per heavy atom. The van der Waals surface area contributed by atoms with Crippen LogP contribution < -0.4 is 0 Å². The van der Waals surface area contributed by atoms with Crippen molar-refractivity contribution in [1.82, 2.24) is 19.6 Å². The van der Waals surface area contributed by atoms with Gasteiger partial charge in [-0.1, -0.05) is 141 Å². The van der Waals surface area contributed by atoms with Gasteiger partial charge in [-0.05, 0) is 134 Å². The Hall–Kier alpha value is -5.11. The maximum Gasteiger partial charge on any atom is 0.256 e. The molecule has 10 rings (SSSR count). The SMILES string of the molecule is O=C(c1ccccc1F)N1CC(c2cccc(-c3ccc(C4CCN(CC5CN(C(=O)C6CCCCC6)C[C@@H]5c5ccccc5)CC4)cc3)c2)[C@@H](CN2CCC(c3ccccc3)CC2)C1. The van der Waals surface area contributed by atoms with E-state index in [1.165, 1.54) is 58.7 Å². The predicted octanol–water partition coefficient (Wildman–Crippen LogP) is 11.2. The lowest BCUT2D eigenvalue weighted by atomic mass is 9.85. The minimum Gasteiger partial charge on any atom is -0.341 e. The number of benzene rings is 5. The monoisotopic (exact) mass is 871 g/mol. The Balaban J connectivity index is 0.786. The summed E-state index contributed by atoms with van der Waals surface area (Å²) in [6, 6.07) is 46.6. The largest absolute Gasteiger partial charge is 0.341 e. The molecule has 0 aromatic heterocycles. The number of hydrogen-bond donors (Lipinski definition) is 0. The van der Waals surface area contributed by atoms with Crippen molar-refractivity contribution < 1.29 is 14.0 Å². The maximum absolute atomic E-state index is 14.9. The molecule has 5 aromatic rings. The molecule has 0 bridgehead atoms. The van der Waals surface area contributed by atoms with E-state index in [0.717, 1.165) is 90.9 Å². The molecule has 1 aliphatic carbocycles. The first-order chi connectivity index (χ1) is 31.9. The highest BCUT2D eigenvalue weighted by Gasteiger charge is 2.41. The summed E-state index contributed by atoms with van der Waals surface area (Å²) in [4.78, 5) is 37.0. The average molecular weight is 871 g/mol. The summed E-state index contributed by atoms with van der Waals surface area (Å²) in [5.41, 5.74) is 8.07. The molecule has 4 atom stereocenters. The van der Waals surface area contributed by atoms with Crippen LogP contribution in [0, 0.1) is 23.6 Å². The van der Waals surface area contributed by atoms with Crippen molar-refractivity contribution in [2.24, 2.45) is 17.8 Å². The van der Waals surface area contributed by atoms with E-state index in [1.54, 1.807) is 18.2 Å². The molecule has 6 nitrogen and oxygen atoms in total. The highest BCUT2D eigenvalue weighted by Crippen LogP contribution is 2.40. The smallest absolute Gasteiger partial charge is 0.256 e. The molecule has 2 unspecified atom stereocenters. The van der Waals surface area contributed by atoms with E-state index in [4.69, 9.17) is 0 Å². The van der Waals surface area contributed by atoms with Crippen LogP contribution in [-0.2, 0) is 4.79 Å². The number of piperidine rings is 2. The number of carbonyl (C=O) groups excluding carboxylic acids is 2. The number of likely N-dealkylation sites (tertiary alicyclic amines) is 4. The Morgan fingerprint density at radius 2 is 1.00 bits per heavy atom. The fourth-order valence-corrected chi connectivity index (χ4v) is 12.5. The van der Waals surface area contributed by atoms with Crippen molar-refractivity contribution >= 4 is 11.8 Å². The number of nitrogens with zero attached hydrogens (tertiary/aromatic N) is 4. The second-order valence-corrected chi connectivity index (χ2v) is 20.2. The standard InChI is InChI=1S/C58H67FN4O2/c59-56-22-11-10-21-53(56)58(65)63-39-52(37-61-31-27-45(28-32-61)42-13-4-1-5-14-42)55(41-63)50-20-12-19-49(35-50)44-25-23-43(24-26-44)46-29-33-60(34-30-46)36-51-38-62(57(64)48-17-8-3-9-18-48)40-54(51)47-15-6-2-7-16-47/h1-2,4-7,10-16,19-26,35,45-46,48,51-52,54-55H,3,8-9,17-18,27-34,36-41H2/t51?,52-,54+,55?/m0/s1. The van der Waals surface area contributed by atoms with E-state index in [1.807, 2.05) is 4.90 Å². The molecule has 2 amide bonds. The van der Waals surface area contributed by atoms with Gasteiger partial charge in [0, 0.05) is 57.0 Å². The molecule has 1 saturated carbocycles. The van der Waals surface area contributed by atoms with Gasteiger partial charge in [-0.2, -0.15) is 0 Å². The van der Waals surface area contributed by atoms with Gasteiger partial charge in [0.05, 0.1) is 5.56 Å². The zero-order valence-electron chi connectivity index (χ0n) is 38.2. The molecule has 0 N–H and O–H groups in total. The quantitative estimate of drug-likeness (QED) is 0.133. The summed E-state index contributed by atoms with van der Waals surface area (Å²) in [5.74, 6) is 2.39. The van der Waals surface area contributed by atoms with Crippen molar-refractivity contribution in [3.8, 4) is 11.1 Å². The minimum atomic E-state index is -0.451. The Morgan fingerprint density at radius 3 is 1.63 bits per heavy atom. The van der Waals surface area contributed by atoms with Gasteiger partial charge in [0.2, 0.25) is 5.91 Å². The summed E-state index contributed by atoms with van der Waals surface area (Å²) in [6.45, 7) is 9.22. The first kappa shape index (κ1) is 43.8. The Kier molecular flexibility index (Phi) is 13.6. The highest BCUT2D eigenvalue weighted by atomic mass is 19.1. The van der Waals surface area contributed by atoms with Gasteiger partial charge in [0.15, 0.2) is 0 Å². The van der Waals surface area contributed by atoms with Gasteiger partial charge in [-0.15, -0.1) is 0 Å². The van der Waals surface area contributed by atoms with Crippen LogP contribution in [0.3, 0.4) is 0 Å². The number of amides is 2. The van der Waals surface area contributed by atoms with Crippen LogP contribution in [0.2, 0.25) is 0 Å². The number of hydrogen-bond acceptors (Lipinski definition) is 4. The lowest BCUT2D eigenvalue weighted by Gasteiger charge is -2.35. The predicted molar refractivity (Wildman–Crippen MR) is 260 cm³/mol. The molecular weight excluding hydrogens is 804 g/mol. The average Bonchev–Trinajstić information content (AvgIpc) is 4.00. The van der Waals surface area contributed by atoms with E-state index in [-0.39, 0.29) is 29.2 Å². The number of carbonyl (C=O) groups is 2. The van der Waals surface area contributed by atoms with Crippen LogP contribution in [0.1, 0.15) is 114 Å². The van der Waals surface area contributed by atoms with Crippen molar-refractivity contribution in [3.63, 3.8) is 0 Å². The fourth-order valence-electron chi connectivity index (χ4n) is 12.5. The highest BCUT2D eigenvalue weighted by molar-refractivity contribution is 5.94. The zero-order valence-corrected chi connectivity index (χ0v) is 38.2. The number of halogens is 1. The second kappa shape index (κ2) is 20.2. The topological polar surface area (TPSA) is 47.1 Å². The van der Waals surface area contributed by atoms with E-state index in [0.29, 0.717) is 42.7 Å². The van der Waals surface area contributed by atoms with Crippen LogP contribution in [0.4, 0.5) is 4.39 Å². The molecule has 0 radical (unpaired) electrons. The summed E-state index contributed by atoms with van der Waals surface area (Å²) in [7, 11) is 0. The van der Waals surface area contributed by atoms with Gasteiger partial charge >= 0.3 is 0 Å².